The van der Waals surface area contributed by atoms with Gasteiger partial charge in [-0.05, 0) is 30.7 Å². The van der Waals surface area contributed by atoms with Gasteiger partial charge in [0.05, 0.1) is 17.3 Å². The van der Waals surface area contributed by atoms with E-state index in [1.54, 1.807) is 19.1 Å². The maximum Gasteiger partial charge on any atom is 0.239 e. The van der Waals surface area contributed by atoms with Crippen LogP contribution in [0.15, 0.2) is 47.5 Å². The Morgan fingerprint density at radius 1 is 1.27 bits per heavy atom. The first-order valence-electron chi connectivity index (χ1n) is 8.01. The van der Waals surface area contributed by atoms with Gasteiger partial charge in [-0.2, -0.15) is 5.26 Å². The van der Waals surface area contributed by atoms with E-state index in [0.717, 1.165) is 15.6 Å². The SMILES string of the molecule is CN1C(N)=N[C@](C)(c2cccc(Cc3ccccc3C#N)n2)CS1(=O)=O. The summed E-state index contributed by atoms with van der Waals surface area (Å²) in [6, 6.07) is 14.9. The summed E-state index contributed by atoms with van der Waals surface area (Å²) in [7, 11) is -2.17. The molecule has 2 aromatic rings. The Morgan fingerprint density at radius 3 is 2.69 bits per heavy atom. The Labute approximate surface area is 152 Å². The van der Waals surface area contributed by atoms with E-state index in [9.17, 15) is 13.7 Å². The molecular weight excluding hydrogens is 350 g/mol. The maximum atomic E-state index is 12.3. The summed E-state index contributed by atoms with van der Waals surface area (Å²) in [6.45, 7) is 1.71. The third kappa shape index (κ3) is 3.26. The normalized spacial score (nSPS) is 21.7. The monoisotopic (exact) mass is 369 g/mol. The van der Waals surface area contributed by atoms with Gasteiger partial charge < -0.3 is 5.73 Å². The molecule has 1 aliphatic rings. The van der Waals surface area contributed by atoms with Crippen molar-refractivity contribution in [1.82, 2.24) is 9.29 Å². The van der Waals surface area contributed by atoms with E-state index in [1.807, 2.05) is 30.3 Å². The van der Waals surface area contributed by atoms with E-state index in [-0.39, 0.29) is 11.7 Å². The van der Waals surface area contributed by atoms with Crippen molar-refractivity contribution in [3.05, 3.63) is 65.0 Å². The Balaban J connectivity index is 1.99. The average molecular weight is 369 g/mol. The quantitative estimate of drug-likeness (QED) is 0.877. The summed E-state index contributed by atoms with van der Waals surface area (Å²) in [5.74, 6) is -0.261. The Kier molecular flexibility index (Phi) is 4.42. The number of aliphatic imine (C=N–C) groups is 1. The molecule has 0 radical (unpaired) electrons. The van der Waals surface area contributed by atoms with Crippen molar-refractivity contribution >= 4 is 16.0 Å². The highest BCUT2D eigenvalue weighted by Gasteiger charge is 2.41. The van der Waals surface area contributed by atoms with E-state index in [2.05, 4.69) is 16.0 Å². The maximum absolute atomic E-state index is 12.3. The molecule has 0 unspecified atom stereocenters. The molecule has 1 aliphatic heterocycles. The van der Waals surface area contributed by atoms with Crippen LogP contribution in [0.5, 0.6) is 0 Å². The molecule has 2 heterocycles. The summed E-state index contributed by atoms with van der Waals surface area (Å²) in [6.07, 6.45) is 0.472. The highest BCUT2D eigenvalue weighted by molar-refractivity contribution is 7.89. The Hall–Kier alpha value is -2.92. The van der Waals surface area contributed by atoms with E-state index < -0.39 is 15.6 Å². The predicted octanol–water partition coefficient (Wildman–Crippen LogP) is 1.35. The molecule has 1 aromatic carbocycles. The first-order chi connectivity index (χ1) is 12.2. The number of nitrogens with zero attached hydrogens (tertiary/aromatic N) is 4. The van der Waals surface area contributed by atoms with Crippen LogP contribution < -0.4 is 5.73 Å². The van der Waals surface area contributed by atoms with Crippen LogP contribution in [0.1, 0.15) is 29.4 Å². The molecule has 0 saturated carbocycles. The number of nitriles is 1. The van der Waals surface area contributed by atoms with Crippen LogP contribution in [0, 0.1) is 11.3 Å². The third-order valence-electron chi connectivity index (χ3n) is 4.43. The van der Waals surface area contributed by atoms with Crippen molar-refractivity contribution in [2.24, 2.45) is 10.7 Å². The van der Waals surface area contributed by atoms with Crippen LogP contribution in [-0.4, -0.2) is 36.5 Å². The molecule has 0 spiro atoms. The molecule has 134 valence electrons. The minimum atomic E-state index is -3.55. The van der Waals surface area contributed by atoms with Gasteiger partial charge in [-0.3, -0.25) is 4.98 Å². The number of benzene rings is 1. The van der Waals surface area contributed by atoms with Crippen LogP contribution in [0.25, 0.3) is 0 Å². The first-order valence-corrected chi connectivity index (χ1v) is 9.62. The number of aromatic nitrogens is 1. The van der Waals surface area contributed by atoms with Crippen molar-refractivity contribution in [3.63, 3.8) is 0 Å². The van der Waals surface area contributed by atoms with Crippen LogP contribution in [0.2, 0.25) is 0 Å². The number of hydrogen-bond donors (Lipinski definition) is 1. The smallest absolute Gasteiger partial charge is 0.239 e. The van der Waals surface area contributed by atoms with Gasteiger partial charge in [-0.25, -0.2) is 17.7 Å². The van der Waals surface area contributed by atoms with Gasteiger partial charge in [0.1, 0.15) is 11.3 Å². The van der Waals surface area contributed by atoms with Gasteiger partial charge >= 0.3 is 0 Å². The minimum absolute atomic E-state index is 0.0548. The minimum Gasteiger partial charge on any atom is -0.369 e. The zero-order chi connectivity index (χ0) is 18.9. The summed E-state index contributed by atoms with van der Waals surface area (Å²) >= 11 is 0. The largest absolute Gasteiger partial charge is 0.369 e. The molecule has 1 atom stereocenters. The number of sulfonamides is 1. The fourth-order valence-corrected chi connectivity index (χ4v) is 4.38. The van der Waals surface area contributed by atoms with E-state index in [1.165, 1.54) is 7.05 Å². The van der Waals surface area contributed by atoms with Gasteiger partial charge in [0, 0.05) is 19.2 Å². The standard InChI is InChI=1S/C18H19N5O2S/c1-18(12-26(24,25)23(2)17(20)22-18)16-9-5-8-15(21-16)10-13-6-3-4-7-14(13)11-19/h3-9H,10,12H2,1-2H3,(H2,20,22)/t18-/m0/s1. The second-order valence-electron chi connectivity index (χ2n) is 6.43. The second-order valence-corrected chi connectivity index (χ2v) is 8.43. The first kappa shape index (κ1) is 17.9. The second kappa shape index (κ2) is 6.42. The van der Waals surface area contributed by atoms with Gasteiger partial charge in [0.2, 0.25) is 16.0 Å². The van der Waals surface area contributed by atoms with Crippen molar-refractivity contribution in [3.8, 4) is 6.07 Å². The van der Waals surface area contributed by atoms with Crippen LogP contribution >= 0.6 is 0 Å². The van der Waals surface area contributed by atoms with Gasteiger partial charge in [0.15, 0.2) is 0 Å². The summed E-state index contributed by atoms with van der Waals surface area (Å²) < 4.78 is 25.7. The molecule has 2 N–H and O–H groups in total. The molecule has 0 amide bonds. The highest BCUT2D eigenvalue weighted by atomic mass is 32.2. The van der Waals surface area contributed by atoms with E-state index in [0.29, 0.717) is 17.7 Å². The van der Waals surface area contributed by atoms with Gasteiger partial charge in [-0.1, -0.05) is 24.3 Å². The predicted molar refractivity (Wildman–Crippen MR) is 98.7 cm³/mol. The number of nitrogens with two attached hydrogens (primary N) is 1. The fourth-order valence-electron chi connectivity index (χ4n) is 2.94. The molecule has 0 aliphatic carbocycles. The van der Waals surface area contributed by atoms with Crippen LogP contribution in [0.3, 0.4) is 0 Å². The lowest BCUT2D eigenvalue weighted by Crippen LogP contribution is -2.50. The molecule has 3 rings (SSSR count). The van der Waals surface area contributed by atoms with Crippen molar-refractivity contribution in [1.29, 1.82) is 5.26 Å². The zero-order valence-electron chi connectivity index (χ0n) is 14.5. The molecule has 8 heteroatoms. The molecule has 0 bridgehead atoms. The Bertz CT molecular complexity index is 1030. The number of pyridine rings is 1. The zero-order valence-corrected chi connectivity index (χ0v) is 15.4. The molecule has 7 nitrogen and oxygen atoms in total. The lowest BCUT2D eigenvalue weighted by Gasteiger charge is -2.33. The lowest BCUT2D eigenvalue weighted by atomic mass is 9.98. The average Bonchev–Trinajstić information content (AvgIpc) is 2.60. The van der Waals surface area contributed by atoms with Gasteiger partial charge in [0.25, 0.3) is 0 Å². The van der Waals surface area contributed by atoms with Crippen molar-refractivity contribution < 1.29 is 8.42 Å². The van der Waals surface area contributed by atoms with Crippen LogP contribution in [0.4, 0.5) is 0 Å². The highest BCUT2D eigenvalue weighted by Crippen LogP contribution is 2.30. The van der Waals surface area contributed by atoms with Crippen LogP contribution in [-0.2, 0) is 22.0 Å². The van der Waals surface area contributed by atoms with Crippen molar-refractivity contribution in [2.45, 2.75) is 18.9 Å². The molecule has 26 heavy (non-hydrogen) atoms. The lowest BCUT2D eigenvalue weighted by molar-refractivity contribution is 0.468. The fraction of sp³-hybridized carbons (Fsp3) is 0.278. The van der Waals surface area contributed by atoms with Gasteiger partial charge in [-0.15, -0.1) is 0 Å². The molecule has 0 fully saturated rings. The molecule has 1 aromatic heterocycles. The Morgan fingerprint density at radius 2 is 2.00 bits per heavy atom. The number of hydrogen-bond acceptors (Lipinski definition) is 6. The topological polar surface area (TPSA) is 112 Å². The summed E-state index contributed by atoms with van der Waals surface area (Å²) in [5.41, 5.74) is 7.47. The molecule has 0 saturated heterocycles. The summed E-state index contributed by atoms with van der Waals surface area (Å²) in [4.78, 5) is 8.98. The van der Waals surface area contributed by atoms with Crippen molar-refractivity contribution in [2.75, 3.05) is 12.8 Å². The number of guanidine groups is 1. The summed E-state index contributed by atoms with van der Waals surface area (Å²) in [5, 5.41) is 9.23. The van der Waals surface area contributed by atoms with E-state index in [4.69, 9.17) is 5.73 Å². The van der Waals surface area contributed by atoms with E-state index >= 15 is 0 Å². The molecular formula is C18H19N5O2S. The number of rotatable bonds is 3. The third-order valence-corrected chi connectivity index (χ3v) is 6.38.